The quantitative estimate of drug-likeness (QED) is 0.687. The number of amides is 1. The molecule has 23 heavy (non-hydrogen) atoms. The van der Waals surface area contributed by atoms with Gasteiger partial charge in [0.1, 0.15) is 0 Å². The number of methoxy groups -OCH3 is 1. The molecule has 5 heteroatoms. The molecule has 1 aromatic rings. The van der Waals surface area contributed by atoms with E-state index in [0.717, 1.165) is 42.9 Å². The fourth-order valence-electron chi connectivity index (χ4n) is 2.88. The summed E-state index contributed by atoms with van der Waals surface area (Å²) in [5, 5.41) is 6.02. The Labute approximate surface area is 138 Å². The first-order chi connectivity index (χ1) is 11.2. The minimum absolute atomic E-state index is 0.0647. The Balaban J connectivity index is 1.97. The van der Waals surface area contributed by atoms with Gasteiger partial charge in [-0.15, -0.1) is 0 Å². The van der Waals surface area contributed by atoms with E-state index in [0.29, 0.717) is 13.0 Å². The molecule has 1 aromatic carbocycles. The summed E-state index contributed by atoms with van der Waals surface area (Å²) < 4.78 is 11.6. The predicted molar refractivity (Wildman–Crippen MR) is 90.9 cm³/mol. The van der Waals surface area contributed by atoms with Crippen molar-refractivity contribution >= 4 is 5.91 Å². The molecule has 0 heterocycles. The third-order valence-electron chi connectivity index (χ3n) is 4.17. The van der Waals surface area contributed by atoms with Gasteiger partial charge < -0.3 is 20.1 Å². The van der Waals surface area contributed by atoms with Crippen molar-refractivity contribution in [3.05, 3.63) is 23.8 Å². The molecule has 0 spiro atoms. The van der Waals surface area contributed by atoms with Crippen molar-refractivity contribution in [1.82, 2.24) is 10.6 Å². The summed E-state index contributed by atoms with van der Waals surface area (Å²) in [6, 6.07) is 5.83. The predicted octanol–water partition coefficient (Wildman–Crippen LogP) is 2.63. The van der Waals surface area contributed by atoms with E-state index in [9.17, 15) is 4.79 Å². The molecule has 2 N–H and O–H groups in total. The van der Waals surface area contributed by atoms with E-state index in [1.165, 1.54) is 12.8 Å². The van der Waals surface area contributed by atoms with Crippen LogP contribution >= 0.6 is 0 Å². The van der Waals surface area contributed by atoms with E-state index in [4.69, 9.17) is 9.47 Å². The molecule has 0 atom stereocenters. The lowest BCUT2D eigenvalue weighted by Gasteiger charge is -2.19. The number of para-hydroxylation sites is 1. The zero-order chi connectivity index (χ0) is 16.5. The molecule has 0 radical (unpaired) electrons. The maximum atomic E-state index is 11.9. The number of carbonyl (C=O) groups excluding carboxylic acids is 1. The number of benzene rings is 1. The van der Waals surface area contributed by atoms with Crippen LogP contribution in [0.15, 0.2) is 18.2 Å². The van der Waals surface area contributed by atoms with E-state index in [2.05, 4.69) is 10.6 Å². The van der Waals surface area contributed by atoms with Gasteiger partial charge in [0, 0.05) is 18.5 Å². The summed E-state index contributed by atoms with van der Waals surface area (Å²) in [6.07, 6.45) is 6.25. The van der Waals surface area contributed by atoms with Crippen LogP contribution in [0.4, 0.5) is 0 Å². The van der Waals surface area contributed by atoms with Gasteiger partial charge in [-0.3, -0.25) is 4.79 Å². The van der Waals surface area contributed by atoms with Crippen LogP contribution in [0.1, 0.15) is 44.1 Å². The molecule has 0 aliphatic heterocycles. The zero-order valence-corrected chi connectivity index (χ0v) is 14.2. The van der Waals surface area contributed by atoms with Gasteiger partial charge in [-0.1, -0.05) is 12.1 Å². The second-order valence-corrected chi connectivity index (χ2v) is 5.96. The maximum absolute atomic E-state index is 11.9. The second kappa shape index (κ2) is 9.40. The van der Waals surface area contributed by atoms with E-state index in [1.807, 2.05) is 25.2 Å². The molecule has 0 saturated heterocycles. The van der Waals surface area contributed by atoms with Crippen LogP contribution in [0.5, 0.6) is 11.5 Å². The molecule has 128 valence electrons. The Morgan fingerprint density at radius 3 is 2.78 bits per heavy atom. The van der Waals surface area contributed by atoms with Gasteiger partial charge in [-0.05, 0) is 51.8 Å². The normalized spacial score (nSPS) is 14.7. The third kappa shape index (κ3) is 5.43. The van der Waals surface area contributed by atoms with Crippen molar-refractivity contribution in [2.75, 3.05) is 20.7 Å². The van der Waals surface area contributed by atoms with E-state index < -0.39 is 0 Å². The van der Waals surface area contributed by atoms with Crippen molar-refractivity contribution in [2.24, 2.45) is 0 Å². The topological polar surface area (TPSA) is 59.6 Å². The first-order valence-corrected chi connectivity index (χ1v) is 8.48. The molecular formula is C18H28N2O3. The lowest BCUT2D eigenvalue weighted by atomic mass is 10.1. The molecule has 0 bridgehead atoms. The van der Waals surface area contributed by atoms with Gasteiger partial charge in [0.15, 0.2) is 11.5 Å². The van der Waals surface area contributed by atoms with Gasteiger partial charge in [-0.2, -0.15) is 0 Å². The van der Waals surface area contributed by atoms with Crippen LogP contribution in [-0.2, 0) is 11.3 Å². The average molecular weight is 320 g/mol. The molecule has 1 aliphatic rings. The molecule has 2 rings (SSSR count). The van der Waals surface area contributed by atoms with Crippen LogP contribution in [0.3, 0.4) is 0 Å². The summed E-state index contributed by atoms with van der Waals surface area (Å²) >= 11 is 0. The van der Waals surface area contributed by atoms with Crippen LogP contribution in [0.25, 0.3) is 0 Å². The van der Waals surface area contributed by atoms with Crippen LogP contribution in [0, 0.1) is 0 Å². The van der Waals surface area contributed by atoms with Crippen molar-refractivity contribution in [3.63, 3.8) is 0 Å². The number of carbonyl (C=O) groups is 1. The fourth-order valence-corrected chi connectivity index (χ4v) is 2.88. The monoisotopic (exact) mass is 320 g/mol. The Morgan fingerprint density at radius 2 is 2.09 bits per heavy atom. The second-order valence-electron chi connectivity index (χ2n) is 5.96. The molecule has 1 fully saturated rings. The number of ether oxygens (including phenoxy) is 2. The lowest BCUT2D eigenvalue weighted by Crippen LogP contribution is -2.24. The van der Waals surface area contributed by atoms with Crippen molar-refractivity contribution in [3.8, 4) is 11.5 Å². The summed E-state index contributed by atoms with van der Waals surface area (Å²) in [6.45, 7) is 1.32. The number of nitrogens with one attached hydrogen (secondary N) is 2. The number of hydrogen-bond acceptors (Lipinski definition) is 4. The molecular weight excluding hydrogens is 292 g/mol. The van der Waals surface area contributed by atoms with E-state index in [1.54, 1.807) is 7.11 Å². The standard InChI is InChI=1S/C18H28N2O3/c1-19-12-6-11-17(21)20-13-14-7-5-10-16(22-2)18(14)23-15-8-3-4-9-15/h5,7,10,15,19H,3-4,6,8-9,11-13H2,1-2H3,(H,20,21). The molecule has 1 amide bonds. The first kappa shape index (κ1) is 17.6. The van der Waals surface area contributed by atoms with Gasteiger partial charge in [0.05, 0.1) is 13.2 Å². The summed E-state index contributed by atoms with van der Waals surface area (Å²) in [4.78, 5) is 11.9. The van der Waals surface area contributed by atoms with Crippen LogP contribution in [0.2, 0.25) is 0 Å². The van der Waals surface area contributed by atoms with Crippen molar-refractivity contribution in [2.45, 2.75) is 51.2 Å². The summed E-state index contributed by atoms with van der Waals surface area (Å²) in [5.41, 5.74) is 0.971. The highest BCUT2D eigenvalue weighted by atomic mass is 16.5. The SMILES string of the molecule is CNCCCC(=O)NCc1cccc(OC)c1OC1CCCC1. The Kier molecular flexibility index (Phi) is 7.20. The highest BCUT2D eigenvalue weighted by molar-refractivity contribution is 5.76. The zero-order valence-electron chi connectivity index (χ0n) is 14.2. The Hall–Kier alpha value is -1.75. The van der Waals surface area contributed by atoms with E-state index in [-0.39, 0.29) is 12.0 Å². The molecule has 0 aromatic heterocycles. The lowest BCUT2D eigenvalue weighted by molar-refractivity contribution is -0.121. The minimum Gasteiger partial charge on any atom is -0.493 e. The highest BCUT2D eigenvalue weighted by Gasteiger charge is 2.20. The molecule has 1 saturated carbocycles. The Morgan fingerprint density at radius 1 is 1.30 bits per heavy atom. The van der Waals surface area contributed by atoms with E-state index >= 15 is 0 Å². The van der Waals surface area contributed by atoms with Gasteiger partial charge in [-0.25, -0.2) is 0 Å². The number of rotatable bonds is 9. The van der Waals surface area contributed by atoms with Crippen LogP contribution < -0.4 is 20.1 Å². The summed E-state index contributed by atoms with van der Waals surface area (Å²) in [5.74, 6) is 1.58. The van der Waals surface area contributed by atoms with Crippen LogP contribution in [-0.4, -0.2) is 32.7 Å². The molecule has 5 nitrogen and oxygen atoms in total. The molecule has 1 aliphatic carbocycles. The average Bonchev–Trinajstić information content (AvgIpc) is 3.07. The smallest absolute Gasteiger partial charge is 0.220 e. The van der Waals surface area contributed by atoms with Gasteiger partial charge in [0.25, 0.3) is 0 Å². The van der Waals surface area contributed by atoms with Crippen molar-refractivity contribution < 1.29 is 14.3 Å². The third-order valence-corrected chi connectivity index (χ3v) is 4.17. The maximum Gasteiger partial charge on any atom is 0.220 e. The first-order valence-electron chi connectivity index (χ1n) is 8.48. The fraction of sp³-hybridized carbons (Fsp3) is 0.611. The van der Waals surface area contributed by atoms with Gasteiger partial charge in [0.2, 0.25) is 5.91 Å². The number of hydrogen-bond donors (Lipinski definition) is 2. The molecule has 0 unspecified atom stereocenters. The largest absolute Gasteiger partial charge is 0.493 e. The minimum atomic E-state index is 0.0647. The Bertz CT molecular complexity index is 499. The highest BCUT2D eigenvalue weighted by Crippen LogP contribution is 2.34. The van der Waals surface area contributed by atoms with Gasteiger partial charge >= 0.3 is 0 Å². The summed E-state index contributed by atoms with van der Waals surface area (Å²) in [7, 11) is 3.54. The van der Waals surface area contributed by atoms with Crippen molar-refractivity contribution in [1.29, 1.82) is 0 Å².